The van der Waals surface area contributed by atoms with Crippen LogP contribution >= 0.6 is 33.2 Å². The van der Waals surface area contributed by atoms with Crippen molar-refractivity contribution in [1.82, 2.24) is 0 Å². The van der Waals surface area contributed by atoms with Crippen LogP contribution in [0.4, 0.5) is 0 Å². The molecule has 0 unspecified atom stereocenters. The van der Waals surface area contributed by atoms with Crippen molar-refractivity contribution < 1.29 is 0 Å². The van der Waals surface area contributed by atoms with E-state index in [2.05, 4.69) is 24.9 Å². The summed E-state index contributed by atoms with van der Waals surface area (Å²) in [6, 6.07) is -1.60. The molecule has 0 bridgehead atoms. The molecule has 0 saturated carbocycles. The lowest BCUT2D eigenvalue weighted by atomic mass is 10.5. The first-order chi connectivity index (χ1) is 4.92. The van der Waals surface area contributed by atoms with Crippen molar-refractivity contribution in [3.05, 3.63) is 11.8 Å². The third-order valence-electron chi connectivity index (χ3n) is 1.12. The molecule has 0 N–H and O–H groups in total. The molecule has 0 spiro atoms. The zero-order valence-corrected chi connectivity index (χ0v) is 11.2. The maximum Gasteiger partial charge on any atom is 0.341 e. The molecule has 0 aliphatic rings. The molecule has 0 aliphatic heterocycles. The van der Waals surface area contributed by atoms with Crippen molar-refractivity contribution in [2.24, 2.45) is 0 Å². The zero-order valence-electron chi connectivity index (χ0n) is 6.78. The number of hydrogen-bond donors (Lipinski definition) is 0. The van der Waals surface area contributed by atoms with Crippen LogP contribution in [-0.2, 0) is 0 Å². The largest absolute Gasteiger partial charge is 0.341 e. The molecule has 11 heavy (non-hydrogen) atoms. The Morgan fingerprint density at radius 1 is 1.27 bits per heavy atom. The van der Waals surface area contributed by atoms with E-state index in [0.717, 1.165) is 12.5 Å². The van der Waals surface area contributed by atoms with E-state index in [4.69, 9.17) is 33.2 Å². The molecule has 0 radical (unpaired) electrons. The molecule has 0 aliphatic carbocycles. The third kappa shape index (κ3) is 11.0. The first-order valence-corrected chi connectivity index (χ1v) is 11.9. The van der Waals surface area contributed by atoms with Crippen LogP contribution in [-0.4, -0.2) is 14.8 Å². The molecular weight excluding hydrogens is 235 g/mol. The second-order valence-corrected chi connectivity index (χ2v) is 15.0. The topological polar surface area (TPSA) is 0 Å². The van der Waals surface area contributed by atoms with Gasteiger partial charge in [-0.3, -0.25) is 0 Å². The normalized spacial score (nSPS) is 13.3. The van der Waals surface area contributed by atoms with Crippen molar-refractivity contribution in [1.29, 1.82) is 0 Å². The Labute approximate surface area is 85.3 Å². The summed E-state index contributed by atoms with van der Waals surface area (Å²) < 4.78 is 0. The van der Waals surface area contributed by atoms with Crippen molar-refractivity contribution in [3.8, 4) is 0 Å². The summed E-state index contributed by atoms with van der Waals surface area (Å²) >= 11 is 17.1. The van der Waals surface area contributed by atoms with Gasteiger partial charge in [0.1, 0.15) is 0 Å². The monoisotopic (exact) mass is 246 g/mol. The number of rotatable bonds is 4. The van der Waals surface area contributed by atoms with Gasteiger partial charge < -0.3 is 0 Å². The average molecular weight is 248 g/mol. The average Bonchev–Trinajstić information content (AvgIpc) is 1.78. The molecule has 0 saturated heterocycles. The highest BCUT2D eigenvalue weighted by atomic mass is 35.8. The van der Waals surface area contributed by atoms with Crippen LogP contribution in [0.5, 0.6) is 0 Å². The maximum atomic E-state index is 5.70. The van der Waals surface area contributed by atoms with E-state index >= 15 is 0 Å². The molecule has 0 nitrogen and oxygen atoms in total. The lowest BCUT2D eigenvalue weighted by Gasteiger charge is -2.03. The summed E-state index contributed by atoms with van der Waals surface area (Å²) in [5, 5.41) is 0. The Balaban J connectivity index is 3.42. The fourth-order valence-corrected chi connectivity index (χ4v) is 2.83. The lowest BCUT2D eigenvalue weighted by Crippen LogP contribution is -2.07. The molecule has 0 heterocycles. The molecule has 0 amide bonds. The van der Waals surface area contributed by atoms with Gasteiger partial charge in [-0.15, -0.1) is 38.9 Å². The second kappa shape index (κ2) is 5.65. The second-order valence-electron chi connectivity index (χ2n) is 2.83. The fourth-order valence-electron chi connectivity index (χ4n) is 0.615. The van der Waals surface area contributed by atoms with Crippen LogP contribution in [0.2, 0.25) is 19.1 Å². The zero-order chi connectivity index (χ0) is 8.91. The predicted molar refractivity (Wildman–Crippen MR) is 60.8 cm³/mol. The molecule has 0 aromatic carbocycles. The minimum Gasteiger partial charge on any atom is -0.126 e. The van der Waals surface area contributed by atoms with E-state index in [1.54, 1.807) is 0 Å². The summed E-state index contributed by atoms with van der Waals surface area (Å²) in [6.07, 6.45) is 3.07. The number of halogens is 3. The van der Waals surface area contributed by atoms with Crippen LogP contribution in [0, 0.1) is 0 Å². The standard InChI is InChI=1S/C6H13Cl3Si2/c1-10(2)5-3-4-6-11(7,8)9/h3,5,10H,4,6H2,1-2H3. The molecular formula is C6H13Cl3Si2. The maximum absolute atomic E-state index is 5.70. The van der Waals surface area contributed by atoms with E-state index in [-0.39, 0.29) is 0 Å². The van der Waals surface area contributed by atoms with Gasteiger partial charge in [-0.05, 0) is 12.5 Å². The minimum absolute atomic E-state index is 0.550. The number of hydrogen-bond acceptors (Lipinski definition) is 0. The van der Waals surface area contributed by atoms with Crippen LogP contribution in [0.15, 0.2) is 11.8 Å². The van der Waals surface area contributed by atoms with E-state index < -0.39 is 14.8 Å². The first-order valence-electron chi connectivity index (χ1n) is 3.65. The highest BCUT2D eigenvalue weighted by Crippen LogP contribution is 2.26. The Morgan fingerprint density at radius 2 is 1.82 bits per heavy atom. The lowest BCUT2D eigenvalue weighted by molar-refractivity contribution is 1.21. The quantitative estimate of drug-likeness (QED) is 0.526. The highest BCUT2D eigenvalue weighted by molar-refractivity contribution is 7.64. The fraction of sp³-hybridized carbons (Fsp3) is 0.667. The summed E-state index contributed by atoms with van der Waals surface area (Å²) in [5.74, 6) is 0. The van der Waals surface area contributed by atoms with Gasteiger partial charge in [0.15, 0.2) is 0 Å². The number of allylic oxidation sites excluding steroid dienone is 1. The van der Waals surface area contributed by atoms with Gasteiger partial charge in [0.05, 0.1) is 8.80 Å². The van der Waals surface area contributed by atoms with Crippen LogP contribution in [0.3, 0.4) is 0 Å². The summed E-state index contributed by atoms with van der Waals surface area (Å²) in [5.41, 5.74) is 2.27. The SMILES string of the molecule is C[SiH](C)C=CCC[Si](Cl)(Cl)Cl. The molecule has 5 heteroatoms. The summed E-state index contributed by atoms with van der Waals surface area (Å²) in [6.45, 7) is 4.53. The van der Waals surface area contributed by atoms with Gasteiger partial charge >= 0.3 is 6.00 Å². The van der Waals surface area contributed by atoms with E-state index in [1.165, 1.54) is 0 Å². The molecule has 66 valence electrons. The molecule has 0 aromatic heterocycles. The Bertz CT molecular complexity index is 128. The third-order valence-corrected chi connectivity index (χ3v) is 4.71. The van der Waals surface area contributed by atoms with Gasteiger partial charge in [0, 0.05) is 0 Å². The van der Waals surface area contributed by atoms with E-state index in [0.29, 0.717) is 0 Å². The molecule has 0 atom stereocenters. The molecule has 0 fully saturated rings. The van der Waals surface area contributed by atoms with Gasteiger partial charge in [-0.2, -0.15) is 0 Å². The smallest absolute Gasteiger partial charge is 0.126 e. The van der Waals surface area contributed by atoms with E-state index in [9.17, 15) is 0 Å². The van der Waals surface area contributed by atoms with Gasteiger partial charge in [0.25, 0.3) is 0 Å². The Hall–Kier alpha value is 1.04. The predicted octanol–water partition coefficient (Wildman–Crippen LogP) is 3.61. The minimum atomic E-state index is -2.35. The van der Waals surface area contributed by atoms with E-state index in [1.807, 2.05) is 0 Å². The van der Waals surface area contributed by atoms with Gasteiger partial charge in [0.2, 0.25) is 0 Å². The first kappa shape index (κ1) is 12.0. The van der Waals surface area contributed by atoms with Crippen LogP contribution in [0.1, 0.15) is 6.42 Å². The van der Waals surface area contributed by atoms with Crippen molar-refractivity contribution in [2.45, 2.75) is 25.6 Å². The Morgan fingerprint density at radius 3 is 2.18 bits per heavy atom. The Kier molecular flexibility index (Phi) is 6.18. The summed E-state index contributed by atoms with van der Waals surface area (Å²) in [7, 11) is -0.550. The summed E-state index contributed by atoms with van der Waals surface area (Å²) in [4.78, 5) is 0. The van der Waals surface area contributed by atoms with Crippen molar-refractivity contribution in [3.63, 3.8) is 0 Å². The van der Waals surface area contributed by atoms with Gasteiger partial charge in [-0.1, -0.05) is 19.2 Å². The van der Waals surface area contributed by atoms with Crippen LogP contribution < -0.4 is 0 Å². The van der Waals surface area contributed by atoms with Crippen molar-refractivity contribution in [2.75, 3.05) is 0 Å². The van der Waals surface area contributed by atoms with Crippen molar-refractivity contribution >= 4 is 48.0 Å². The molecule has 0 aromatic rings. The van der Waals surface area contributed by atoms with Gasteiger partial charge in [-0.25, -0.2) is 0 Å². The molecule has 0 rings (SSSR count). The van der Waals surface area contributed by atoms with Crippen LogP contribution in [0.25, 0.3) is 0 Å². The highest BCUT2D eigenvalue weighted by Gasteiger charge is 2.22.